The van der Waals surface area contributed by atoms with Crippen molar-refractivity contribution < 1.29 is 4.79 Å². The average Bonchev–Trinajstić information content (AvgIpc) is 3.38. The molecular formula is C16H24N4O. The van der Waals surface area contributed by atoms with Crippen LogP contribution in [0, 0.1) is 0 Å². The number of hydrogen-bond donors (Lipinski definition) is 2. The van der Waals surface area contributed by atoms with Gasteiger partial charge in [0.15, 0.2) is 0 Å². The minimum absolute atomic E-state index is 0.106. The fourth-order valence-electron chi connectivity index (χ4n) is 3.13. The Hall–Kier alpha value is -1.43. The molecule has 21 heavy (non-hydrogen) atoms. The number of carbonyl (C=O) groups excluding carboxylic acids is 1. The summed E-state index contributed by atoms with van der Waals surface area (Å²) in [5.74, 6) is 5.06. The van der Waals surface area contributed by atoms with Gasteiger partial charge in [-0.05, 0) is 18.4 Å². The van der Waals surface area contributed by atoms with E-state index in [2.05, 4.69) is 15.2 Å². The Kier molecular flexibility index (Phi) is 4.53. The zero-order valence-electron chi connectivity index (χ0n) is 12.4. The summed E-state index contributed by atoms with van der Waals surface area (Å²) in [7, 11) is 0. The first-order chi connectivity index (χ1) is 10.3. The maximum Gasteiger partial charge on any atom is 0.242 e. The number of nitrogens with one attached hydrogen (secondary N) is 1. The quantitative estimate of drug-likeness (QED) is 0.472. The van der Waals surface area contributed by atoms with Gasteiger partial charge in [-0.15, -0.1) is 0 Å². The van der Waals surface area contributed by atoms with Crippen LogP contribution >= 0.6 is 0 Å². The van der Waals surface area contributed by atoms with Gasteiger partial charge in [0.25, 0.3) is 0 Å². The molecular weight excluding hydrogens is 264 g/mol. The van der Waals surface area contributed by atoms with Gasteiger partial charge < -0.3 is 0 Å². The fraction of sp³-hybridized carbons (Fsp3) is 0.562. The highest BCUT2D eigenvalue weighted by molar-refractivity contribution is 5.83. The SMILES string of the molecule is NNC(=O)C(CN1CCN(C2CC2)CC1)c1ccccc1. The summed E-state index contributed by atoms with van der Waals surface area (Å²) < 4.78 is 0. The molecule has 0 radical (unpaired) electrons. The predicted molar refractivity (Wildman–Crippen MR) is 82.5 cm³/mol. The second-order valence-electron chi connectivity index (χ2n) is 6.04. The summed E-state index contributed by atoms with van der Waals surface area (Å²) in [5.41, 5.74) is 3.35. The molecule has 3 rings (SSSR count). The lowest BCUT2D eigenvalue weighted by atomic mass is 9.97. The molecule has 1 saturated heterocycles. The van der Waals surface area contributed by atoms with E-state index in [0.717, 1.165) is 44.3 Å². The van der Waals surface area contributed by atoms with Gasteiger partial charge in [-0.3, -0.25) is 20.0 Å². The largest absolute Gasteiger partial charge is 0.300 e. The molecule has 2 fully saturated rings. The van der Waals surface area contributed by atoms with Crippen molar-refractivity contribution in [2.24, 2.45) is 5.84 Å². The summed E-state index contributed by atoms with van der Waals surface area (Å²) in [6.45, 7) is 5.06. The lowest BCUT2D eigenvalue weighted by Crippen LogP contribution is -2.49. The molecule has 1 aromatic rings. The van der Waals surface area contributed by atoms with Crippen molar-refractivity contribution in [2.45, 2.75) is 24.8 Å². The van der Waals surface area contributed by atoms with Crippen LogP contribution in [0.1, 0.15) is 24.3 Å². The Balaban J connectivity index is 1.61. The molecule has 1 aliphatic carbocycles. The van der Waals surface area contributed by atoms with E-state index in [1.165, 1.54) is 12.8 Å². The lowest BCUT2D eigenvalue weighted by Gasteiger charge is -2.36. The molecule has 114 valence electrons. The Bertz CT molecular complexity index is 466. The van der Waals surface area contributed by atoms with Gasteiger partial charge in [0.2, 0.25) is 5.91 Å². The summed E-state index contributed by atoms with van der Waals surface area (Å²) in [6, 6.07) is 10.7. The number of amides is 1. The zero-order chi connectivity index (χ0) is 14.7. The smallest absolute Gasteiger partial charge is 0.242 e. The Labute approximate surface area is 126 Å². The van der Waals surface area contributed by atoms with Crippen molar-refractivity contribution in [3.05, 3.63) is 35.9 Å². The molecule has 2 aliphatic rings. The van der Waals surface area contributed by atoms with E-state index in [9.17, 15) is 4.79 Å². The van der Waals surface area contributed by atoms with E-state index in [1.807, 2.05) is 30.3 Å². The van der Waals surface area contributed by atoms with E-state index in [4.69, 9.17) is 5.84 Å². The third-order valence-electron chi connectivity index (χ3n) is 4.57. The highest BCUT2D eigenvalue weighted by atomic mass is 16.2. The second-order valence-corrected chi connectivity index (χ2v) is 6.04. The van der Waals surface area contributed by atoms with Gasteiger partial charge in [0.05, 0.1) is 5.92 Å². The third-order valence-corrected chi connectivity index (χ3v) is 4.57. The van der Waals surface area contributed by atoms with Crippen LogP contribution in [0.15, 0.2) is 30.3 Å². The van der Waals surface area contributed by atoms with Gasteiger partial charge in [-0.2, -0.15) is 0 Å². The molecule has 1 heterocycles. The van der Waals surface area contributed by atoms with Gasteiger partial charge in [-0.1, -0.05) is 30.3 Å². The minimum Gasteiger partial charge on any atom is -0.300 e. The van der Waals surface area contributed by atoms with Crippen LogP contribution in [0.4, 0.5) is 0 Å². The van der Waals surface area contributed by atoms with Crippen molar-refractivity contribution in [1.29, 1.82) is 0 Å². The van der Waals surface area contributed by atoms with Crippen LogP contribution in [-0.4, -0.2) is 54.5 Å². The molecule has 0 aromatic heterocycles. The van der Waals surface area contributed by atoms with Crippen LogP contribution in [-0.2, 0) is 4.79 Å². The molecule has 0 spiro atoms. The molecule has 1 unspecified atom stereocenters. The van der Waals surface area contributed by atoms with Crippen molar-refractivity contribution in [1.82, 2.24) is 15.2 Å². The van der Waals surface area contributed by atoms with Gasteiger partial charge >= 0.3 is 0 Å². The highest BCUT2D eigenvalue weighted by Gasteiger charge is 2.32. The Morgan fingerprint density at radius 2 is 1.86 bits per heavy atom. The molecule has 1 aromatic carbocycles. The first-order valence-corrected chi connectivity index (χ1v) is 7.79. The van der Waals surface area contributed by atoms with Crippen LogP contribution < -0.4 is 11.3 Å². The average molecular weight is 288 g/mol. The molecule has 3 N–H and O–H groups in total. The van der Waals surface area contributed by atoms with Crippen LogP contribution in [0.5, 0.6) is 0 Å². The van der Waals surface area contributed by atoms with Crippen LogP contribution in [0.25, 0.3) is 0 Å². The maximum atomic E-state index is 12.1. The van der Waals surface area contributed by atoms with Crippen LogP contribution in [0.2, 0.25) is 0 Å². The normalized spacial score (nSPS) is 22.0. The van der Waals surface area contributed by atoms with E-state index in [-0.39, 0.29) is 11.8 Å². The first kappa shape index (κ1) is 14.5. The number of carbonyl (C=O) groups is 1. The molecule has 1 amide bonds. The molecule has 1 saturated carbocycles. The van der Waals surface area contributed by atoms with Crippen molar-refractivity contribution in [3.8, 4) is 0 Å². The lowest BCUT2D eigenvalue weighted by molar-refractivity contribution is -0.123. The summed E-state index contributed by atoms with van der Waals surface area (Å²) in [6.07, 6.45) is 2.73. The summed E-state index contributed by atoms with van der Waals surface area (Å²) in [4.78, 5) is 17.1. The fourth-order valence-corrected chi connectivity index (χ4v) is 3.13. The van der Waals surface area contributed by atoms with E-state index in [1.54, 1.807) is 0 Å². The van der Waals surface area contributed by atoms with Gasteiger partial charge in [0, 0.05) is 38.8 Å². The molecule has 5 nitrogen and oxygen atoms in total. The standard InChI is InChI=1S/C16H24N4O/c17-18-16(21)15(13-4-2-1-3-5-13)12-19-8-10-20(11-9-19)14-6-7-14/h1-5,14-15H,6-12,17H2,(H,18,21). The molecule has 1 atom stereocenters. The zero-order valence-corrected chi connectivity index (χ0v) is 12.4. The maximum absolute atomic E-state index is 12.1. The second kappa shape index (κ2) is 6.56. The number of rotatable bonds is 5. The van der Waals surface area contributed by atoms with Gasteiger partial charge in [0.1, 0.15) is 0 Å². The van der Waals surface area contributed by atoms with E-state index < -0.39 is 0 Å². The Morgan fingerprint density at radius 1 is 1.19 bits per heavy atom. The highest BCUT2D eigenvalue weighted by Crippen LogP contribution is 2.28. The van der Waals surface area contributed by atoms with E-state index >= 15 is 0 Å². The molecule has 0 bridgehead atoms. The number of hydrogen-bond acceptors (Lipinski definition) is 4. The van der Waals surface area contributed by atoms with Crippen molar-refractivity contribution >= 4 is 5.91 Å². The van der Waals surface area contributed by atoms with Crippen molar-refractivity contribution in [3.63, 3.8) is 0 Å². The molecule has 1 aliphatic heterocycles. The van der Waals surface area contributed by atoms with E-state index in [0.29, 0.717) is 0 Å². The minimum atomic E-state index is -0.191. The number of piperazine rings is 1. The molecule has 5 heteroatoms. The summed E-state index contributed by atoms with van der Waals surface area (Å²) in [5, 5.41) is 0. The van der Waals surface area contributed by atoms with Crippen LogP contribution in [0.3, 0.4) is 0 Å². The third kappa shape index (κ3) is 3.61. The topological polar surface area (TPSA) is 61.6 Å². The van der Waals surface area contributed by atoms with Gasteiger partial charge in [-0.25, -0.2) is 5.84 Å². The number of hydrazine groups is 1. The first-order valence-electron chi connectivity index (χ1n) is 7.79. The Morgan fingerprint density at radius 3 is 2.43 bits per heavy atom. The predicted octanol–water partition coefficient (Wildman–Crippen LogP) is 0.540. The number of benzene rings is 1. The number of nitrogens with zero attached hydrogens (tertiary/aromatic N) is 2. The summed E-state index contributed by atoms with van der Waals surface area (Å²) >= 11 is 0. The monoisotopic (exact) mass is 288 g/mol. The van der Waals surface area contributed by atoms with Crippen molar-refractivity contribution in [2.75, 3.05) is 32.7 Å². The number of nitrogens with two attached hydrogens (primary N) is 1.